The van der Waals surface area contributed by atoms with Gasteiger partial charge in [-0.05, 0) is 44.6 Å². The maximum Gasteiger partial charge on any atom is 0.143 e. The quantitative estimate of drug-likeness (QED) is 0.800. The maximum atomic E-state index is 9.98. The summed E-state index contributed by atoms with van der Waals surface area (Å²) in [5.74, 6) is 3.49. The highest BCUT2D eigenvalue weighted by molar-refractivity contribution is 5.77. The van der Waals surface area contributed by atoms with Crippen molar-refractivity contribution in [2.45, 2.75) is 58.8 Å². The van der Waals surface area contributed by atoms with Crippen molar-refractivity contribution in [2.75, 3.05) is 13.6 Å². The van der Waals surface area contributed by atoms with E-state index in [1.165, 1.54) is 19.3 Å². The molecule has 2 saturated carbocycles. The van der Waals surface area contributed by atoms with Crippen LogP contribution in [0, 0.1) is 17.8 Å². The average Bonchev–Trinajstić information content (AvgIpc) is 2.29. The zero-order chi connectivity index (χ0) is 12.7. The molecule has 2 fully saturated rings. The van der Waals surface area contributed by atoms with Gasteiger partial charge in [0, 0.05) is 0 Å². The summed E-state index contributed by atoms with van der Waals surface area (Å²) in [5.41, 5.74) is 0. The lowest BCUT2D eigenvalue weighted by atomic mass is 9.68. The summed E-state index contributed by atoms with van der Waals surface area (Å²) < 4.78 is 0. The Morgan fingerprint density at radius 3 is 2.29 bits per heavy atom. The third-order valence-corrected chi connectivity index (χ3v) is 4.23. The van der Waals surface area contributed by atoms with Crippen molar-refractivity contribution >= 4 is 5.78 Å². The van der Waals surface area contributed by atoms with Crippen LogP contribution in [0.5, 0.6) is 0 Å². The molecular weight excluding hydrogens is 210 g/mol. The Kier molecular flexibility index (Phi) is 6.79. The third-order valence-electron chi connectivity index (χ3n) is 4.23. The molecule has 0 aromatic rings. The molecule has 3 unspecified atom stereocenters. The Labute approximate surface area is 107 Å². The molecule has 3 atom stereocenters. The molecule has 0 amide bonds. The van der Waals surface area contributed by atoms with Crippen molar-refractivity contribution in [3.05, 3.63) is 0 Å². The van der Waals surface area contributed by atoms with Gasteiger partial charge < -0.3 is 5.32 Å². The molecule has 2 heteroatoms. The van der Waals surface area contributed by atoms with Crippen molar-refractivity contribution in [2.24, 2.45) is 17.8 Å². The van der Waals surface area contributed by atoms with Crippen LogP contribution in [0.3, 0.4) is 0 Å². The number of nitrogens with one attached hydrogen (secondary N) is 1. The summed E-state index contributed by atoms with van der Waals surface area (Å²) in [7, 11) is 1.75. The van der Waals surface area contributed by atoms with Gasteiger partial charge in [0.25, 0.3) is 0 Å². The molecule has 0 bridgehead atoms. The summed E-state index contributed by atoms with van der Waals surface area (Å²) >= 11 is 0. The predicted octanol–water partition coefficient (Wildman–Crippen LogP) is 3.41. The molecule has 1 N–H and O–H groups in total. The second-order valence-corrected chi connectivity index (χ2v) is 5.96. The first kappa shape index (κ1) is 14.7. The summed E-state index contributed by atoms with van der Waals surface area (Å²) in [5, 5.41) is 2.72. The van der Waals surface area contributed by atoms with Gasteiger partial charge in [-0.3, -0.25) is 4.79 Å². The van der Waals surface area contributed by atoms with Crippen LogP contribution < -0.4 is 5.32 Å². The van der Waals surface area contributed by atoms with Crippen LogP contribution >= 0.6 is 0 Å². The molecule has 17 heavy (non-hydrogen) atoms. The van der Waals surface area contributed by atoms with Crippen LogP contribution in [0.25, 0.3) is 0 Å². The first-order valence-corrected chi connectivity index (χ1v) is 7.27. The number of carbonyl (C=O) groups excluding carboxylic acids is 1. The minimum absolute atomic E-state index is 0.178. The van der Waals surface area contributed by atoms with Gasteiger partial charge in [0.05, 0.1) is 6.54 Å². The minimum atomic E-state index is 0.178. The first-order valence-electron chi connectivity index (χ1n) is 7.27. The normalized spacial score (nSPS) is 32.1. The van der Waals surface area contributed by atoms with E-state index in [9.17, 15) is 4.79 Å². The van der Waals surface area contributed by atoms with E-state index in [1.54, 1.807) is 39.7 Å². The van der Waals surface area contributed by atoms with E-state index in [0.29, 0.717) is 6.54 Å². The van der Waals surface area contributed by atoms with Gasteiger partial charge in [-0.1, -0.05) is 39.0 Å². The fourth-order valence-electron chi connectivity index (χ4n) is 3.36. The molecule has 2 aliphatic rings. The van der Waals surface area contributed by atoms with E-state index in [4.69, 9.17) is 0 Å². The van der Waals surface area contributed by atoms with E-state index >= 15 is 0 Å². The van der Waals surface area contributed by atoms with Crippen molar-refractivity contribution in [1.82, 2.24) is 5.32 Å². The van der Waals surface area contributed by atoms with E-state index in [2.05, 4.69) is 12.2 Å². The summed E-state index contributed by atoms with van der Waals surface area (Å²) in [6.45, 7) is 4.47. The highest BCUT2D eigenvalue weighted by atomic mass is 16.1. The van der Waals surface area contributed by atoms with Crippen molar-refractivity contribution in [1.29, 1.82) is 0 Å². The number of hydrogen-bond donors (Lipinski definition) is 1. The van der Waals surface area contributed by atoms with Crippen LogP contribution in [-0.2, 0) is 4.79 Å². The van der Waals surface area contributed by atoms with E-state index in [0.717, 1.165) is 17.8 Å². The lowest BCUT2D eigenvalue weighted by Crippen LogP contribution is -2.26. The summed E-state index contributed by atoms with van der Waals surface area (Å²) in [6.07, 6.45) is 10.8. The van der Waals surface area contributed by atoms with Crippen molar-refractivity contribution in [3.8, 4) is 0 Å². The Hall–Kier alpha value is -0.370. The molecule has 2 rings (SSSR count). The van der Waals surface area contributed by atoms with Crippen LogP contribution in [0.15, 0.2) is 0 Å². The zero-order valence-corrected chi connectivity index (χ0v) is 11.8. The Morgan fingerprint density at radius 1 is 1.12 bits per heavy atom. The molecule has 0 aliphatic heterocycles. The molecule has 0 aromatic heterocycles. The van der Waals surface area contributed by atoms with Crippen LogP contribution in [0.2, 0.25) is 0 Å². The molecule has 2 aliphatic carbocycles. The monoisotopic (exact) mass is 239 g/mol. The molecule has 100 valence electrons. The van der Waals surface area contributed by atoms with Crippen LogP contribution in [-0.4, -0.2) is 19.4 Å². The Morgan fingerprint density at radius 2 is 1.76 bits per heavy atom. The van der Waals surface area contributed by atoms with Crippen LogP contribution in [0.1, 0.15) is 58.8 Å². The van der Waals surface area contributed by atoms with Gasteiger partial charge >= 0.3 is 0 Å². The summed E-state index contributed by atoms with van der Waals surface area (Å²) in [6, 6.07) is 0. The van der Waals surface area contributed by atoms with Gasteiger partial charge in [-0.15, -0.1) is 0 Å². The number of hydrogen-bond acceptors (Lipinski definition) is 2. The fraction of sp³-hybridized carbons (Fsp3) is 0.933. The van der Waals surface area contributed by atoms with Crippen molar-refractivity contribution in [3.63, 3.8) is 0 Å². The lowest BCUT2D eigenvalue weighted by molar-refractivity contribution is -0.116. The van der Waals surface area contributed by atoms with Gasteiger partial charge in [0.1, 0.15) is 5.78 Å². The molecule has 0 aromatic carbocycles. The molecular formula is C15H29NO. The second-order valence-electron chi connectivity index (χ2n) is 5.96. The lowest BCUT2D eigenvalue weighted by Gasteiger charge is -2.38. The number of carbonyl (C=O) groups is 1. The van der Waals surface area contributed by atoms with E-state index in [1.807, 2.05) is 0 Å². The smallest absolute Gasteiger partial charge is 0.143 e. The Bertz CT molecular complexity index is 227. The molecule has 0 spiro atoms. The molecule has 0 radical (unpaired) electrons. The number of ketones is 1. The van der Waals surface area contributed by atoms with Crippen LogP contribution in [0.4, 0.5) is 0 Å². The Balaban J connectivity index is 0.000000209. The van der Waals surface area contributed by atoms with Gasteiger partial charge in [0.2, 0.25) is 0 Å². The predicted molar refractivity (Wildman–Crippen MR) is 73.1 cm³/mol. The van der Waals surface area contributed by atoms with Crippen molar-refractivity contribution < 1.29 is 4.79 Å². The highest BCUT2D eigenvalue weighted by Crippen LogP contribution is 2.42. The number of Topliss-reactive ketones (excluding diaryl/α,β-unsaturated/α-hetero) is 1. The number of rotatable bonds is 2. The van der Waals surface area contributed by atoms with Gasteiger partial charge in [-0.2, -0.15) is 0 Å². The third kappa shape index (κ3) is 5.67. The number of fused-ring (bicyclic) bond motifs is 1. The second kappa shape index (κ2) is 7.86. The molecule has 0 heterocycles. The first-order chi connectivity index (χ1) is 8.13. The minimum Gasteiger partial charge on any atom is -0.313 e. The SMILES string of the molecule is CC1CCC2CCCCC2C1.CNCC(C)=O. The van der Waals surface area contributed by atoms with E-state index in [-0.39, 0.29) is 5.78 Å². The zero-order valence-electron chi connectivity index (χ0n) is 11.8. The van der Waals surface area contributed by atoms with Gasteiger partial charge in [0.15, 0.2) is 0 Å². The van der Waals surface area contributed by atoms with E-state index < -0.39 is 0 Å². The largest absolute Gasteiger partial charge is 0.313 e. The summed E-state index contributed by atoms with van der Waals surface area (Å²) in [4.78, 5) is 9.98. The fourth-order valence-corrected chi connectivity index (χ4v) is 3.36. The topological polar surface area (TPSA) is 29.1 Å². The highest BCUT2D eigenvalue weighted by Gasteiger charge is 2.29. The molecule has 2 nitrogen and oxygen atoms in total. The average molecular weight is 239 g/mol. The number of likely N-dealkylation sites (N-methyl/N-ethyl adjacent to an activating group) is 1. The molecule has 0 saturated heterocycles. The maximum absolute atomic E-state index is 9.98. The standard InChI is InChI=1S/C11H20.C4H9NO/c1-9-6-7-10-4-2-3-5-11(10)8-9;1-4(6)3-5-2/h9-11H,2-8H2,1H3;5H,3H2,1-2H3. The van der Waals surface area contributed by atoms with Gasteiger partial charge in [-0.25, -0.2) is 0 Å².